The summed E-state index contributed by atoms with van der Waals surface area (Å²) in [4.78, 5) is 37.5. The fourth-order valence-electron chi connectivity index (χ4n) is 3.42. The van der Waals surface area contributed by atoms with Crippen molar-refractivity contribution < 1.29 is 23.9 Å². The molecule has 1 saturated heterocycles. The molecule has 1 aliphatic heterocycles. The molecule has 33 heavy (non-hydrogen) atoms. The lowest BCUT2D eigenvalue weighted by Crippen LogP contribution is -2.34. The third-order valence-electron chi connectivity index (χ3n) is 4.98. The third-order valence-corrected chi connectivity index (χ3v) is 6.51. The van der Waals surface area contributed by atoms with Crippen LogP contribution in [0.25, 0.3) is 16.8 Å². The van der Waals surface area contributed by atoms with E-state index in [4.69, 9.17) is 9.47 Å². The van der Waals surface area contributed by atoms with E-state index in [0.717, 1.165) is 43.0 Å². The van der Waals surface area contributed by atoms with Crippen LogP contribution in [0.4, 0.5) is 4.79 Å². The molecule has 0 atom stereocenters. The van der Waals surface area contributed by atoms with Crippen LogP contribution in [0.1, 0.15) is 18.1 Å². The number of esters is 1. The number of thioether (sulfide) groups is 1. The highest BCUT2D eigenvalue weighted by molar-refractivity contribution is 9.10. The molecule has 3 aromatic rings. The molecular formula is C25H20BrNO5S. The Morgan fingerprint density at radius 1 is 1.09 bits per heavy atom. The Morgan fingerprint density at radius 2 is 1.88 bits per heavy atom. The van der Waals surface area contributed by atoms with Gasteiger partial charge in [0, 0.05) is 0 Å². The van der Waals surface area contributed by atoms with Crippen molar-refractivity contribution in [1.82, 2.24) is 4.90 Å². The topological polar surface area (TPSA) is 72.9 Å². The summed E-state index contributed by atoms with van der Waals surface area (Å²) in [6.07, 6.45) is 1.62. The number of hydrogen-bond acceptors (Lipinski definition) is 6. The van der Waals surface area contributed by atoms with Gasteiger partial charge in [-0.3, -0.25) is 19.3 Å². The summed E-state index contributed by atoms with van der Waals surface area (Å²) >= 11 is 4.32. The van der Waals surface area contributed by atoms with E-state index in [-0.39, 0.29) is 18.1 Å². The Hall–Kier alpha value is -3.10. The number of benzene rings is 3. The number of halogens is 1. The van der Waals surface area contributed by atoms with Gasteiger partial charge < -0.3 is 9.47 Å². The normalized spacial score (nSPS) is 14.8. The van der Waals surface area contributed by atoms with Crippen molar-refractivity contribution in [2.75, 3.05) is 13.2 Å². The van der Waals surface area contributed by atoms with E-state index >= 15 is 0 Å². The minimum atomic E-state index is -0.614. The van der Waals surface area contributed by atoms with E-state index in [1.807, 2.05) is 42.5 Å². The largest absolute Gasteiger partial charge is 0.488 e. The quantitative estimate of drug-likeness (QED) is 0.287. The Balaban J connectivity index is 1.46. The van der Waals surface area contributed by atoms with Crippen molar-refractivity contribution in [3.05, 3.63) is 81.2 Å². The second-order valence-electron chi connectivity index (χ2n) is 7.19. The second-order valence-corrected chi connectivity index (χ2v) is 9.04. The molecule has 4 rings (SSSR count). The lowest BCUT2D eigenvalue weighted by molar-refractivity contribution is -0.145. The zero-order valence-electron chi connectivity index (χ0n) is 17.7. The second kappa shape index (κ2) is 10.2. The molecule has 2 amide bonds. The first kappa shape index (κ1) is 23.1. The molecule has 1 aliphatic rings. The van der Waals surface area contributed by atoms with Crippen LogP contribution in [0.2, 0.25) is 0 Å². The highest BCUT2D eigenvalue weighted by atomic mass is 79.9. The summed E-state index contributed by atoms with van der Waals surface area (Å²) in [6, 6.07) is 19.7. The summed E-state index contributed by atoms with van der Waals surface area (Å²) in [7, 11) is 0. The standard InChI is InChI=1S/C25H20BrNO5S/c1-2-31-23(28)14-27-24(29)22(33-25(27)30)13-16-10-11-21(20(26)12-16)32-15-18-8-5-7-17-6-3-4-9-19(17)18/h3-13H,2,14-15H2,1H3/b22-13-. The van der Waals surface area contributed by atoms with E-state index in [1.165, 1.54) is 0 Å². The highest BCUT2D eigenvalue weighted by Crippen LogP contribution is 2.34. The van der Waals surface area contributed by atoms with Gasteiger partial charge in [0.2, 0.25) is 0 Å². The van der Waals surface area contributed by atoms with E-state index in [2.05, 4.69) is 34.1 Å². The molecule has 1 heterocycles. The number of fused-ring (bicyclic) bond motifs is 1. The van der Waals surface area contributed by atoms with Gasteiger partial charge in [0.1, 0.15) is 18.9 Å². The molecule has 168 valence electrons. The number of carbonyl (C=O) groups is 3. The Bertz CT molecular complexity index is 1270. The van der Waals surface area contributed by atoms with Crippen LogP contribution in [0, 0.1) is 0 Å². The number of ether oxygens (including phenoxy) is 2. The Morgan fingerprint density at radius 3 is 2.67 bits per heavy atom. The van der Waals surface area contributed by atoms with Crippen molar-refractivity contribution in [2.45, 2.75) is 13.5 Å². The number of imide groups is 1. The van der Waals surface area contributed by atoms with Gasteiger partial charge in [-0.25, -0.2) is 0 Å². The Kier molecular flexibility index (Phi) is 7.15. The average Bonchev–Trinajstić information content (AvgIpc) is 3.06. The van der Waals surface area contributed by atoms with E-state index in [1.54, 1.807) is 13.0 Å². The van der Waals surface area contributed by atoms with Gasteiger partial charge in [-0.05, 0) is 74.7 Å². The SMILES string of the molecule is CCOC(=O)CN1C(=O)S/C(=C\c2ccc(OCc3cccc4ccccc34)c(Br)c2)C1=O. The number of hydrogen-bond donors (Lipinski definition) is 0. The summed E-state index contributed by atoms with van der Waals surface area (Å²) in [5.41, 5.74) is 1.81. The molecule has 8 heteroatoms. The predicted octanol–water partition coefficient (Wildman–Crippen LogP) is 5.78. The van der Waals surface area contributed by atoms with Crippen LogP contribution < -0.4 is 4.74 Å². The first-order chi connectivity index (χ1) is 16.0. The van der Waals surface area contributed by atoms with Crippen molar-refractivity contribution in [3.63, 3.8) is 0 Å². The van der Waals surface area contributed by atoms with E-state index < -0.39 is 17.1 Å². The average molecular weight is 526 g/mol. The molecule has 0 saturated carbocycles. The van der Waals surface area contributed by atoms with Gasteiger partial charge in [0.05, 0.1) is 16.0 Å². The Labute approximate surface area is 203 Å². The van der Waals surface area contributed by atoms with Crippen LogP contribution in [0.5, 0.6) is 5.75 Å². The summed E-state index contributed by atoms with van der Waals surface area (Å²) in [5.74, 6) is -0.461. The van der Waals surface area contributed by atoms with Crippen molar-refractivity contribution in [3.8, 4) is 5.75 Å². The van der Waals surface area contributed by atoms with Crippen LogP contribution in [-0.4, -0.2) is 35.2 Å². The molecular weight excluding hydrogens is 506 g/mol. The van der Waals surface area contributed by atoms with Gasteiger partial charge in [-0.1, -0.05) is 48.5 Å². The molecule has 3 aromatic carbocycles. The number of carbonyl (C=O) groups excluding carboxylic acids is 3. The summed E-state index contributed by atoms with van der Waals surface area (Å²) < 4.78 is 11.6. The van der Waals surface area contributed by atoms with Crippen molar-refractivity contribution in [1.29, 1.82) is 0 Å². The van der Waals surface area contributed by atoms with Crippen molar-refractivity contribution >= 4 is 61.7 Å². The number of amides is 2. The molecule has 0 aliphatic carbocycles. The molecule has 6 nitrogen and oxygen atoms in total. The van der Waals surface area contributed by atoms with E-state index in [9.17, 15) is 14.4 Å². The first-order valence-electron chi connectivity index (χ1n) is 10.3. The first-order valence-corrected chi connectivity index (χ1v) is 11.9. The maximum Gasteiger partial charge on any atom is 0.326 e. The predicted molar refractivity (Wildman–Crippen MR) is 132 cm³/mol. The third kappa shape index (κ3) is 5.29. The minimum Gasteiger partial charge on any atom is -0.488 e. The monoisotopic (exact) mass is 525 g/mol. The van der Waals surface area contributed by atoms with Gasteiger partial charge in [0.15, 0.2) is 0 Å². The molecule has 0 bridgehead atoms. The summed E-state index contributed by atoms with van der Waals surface area (Å²) in [6.45, 7) is 1.87. The number of rotatable bonds is 7. The zero-order chi connectivity index (χ0) is 23.4. The van der Waals surface area contributed by atoms with Crippen molar-refractivity contribution in [2.24, 2.45) is 0 Å². The lowest BCUT2D eigenvalue weighted by Gasteiger charge is -2.11. The molecule has 1 fully saturated rings. The number of nitrogens with zero attached hydrogens (tertiary/aromatic N) is 1. The highest BCUT2D eigenvalue weighted by Gasteiger charge is 2.36. The van der Waals surface area contributed by atoms with Crippen LogP contribution in [0.15, 0.2) is 70.0 Å². The molecule has 0 unspecified atom stereocenters. The van der Waals surface area contributed by atoms with Gasteiger partial charge in [0.25, 0.3) is 11.1 Å². The van der Waals surface area contributed by atoms with Crippen LogP contribution >= 0.6 is 27.7 Å². The molecule has 0 spiro atoms. The van der Waals surface area contributed by atoms with Gasteiger partial charge in [-0.15, -0.1) is 0 Å². The van der Waals surface area contributed by atoms with Gasteiger partial charge in [-0.2, -0.15) is 0 Å². The molecule has 0 aromatic heterocycles. The minimum absolute atomic E-state index is 0.188. The van der Waals surface area contributed by atoms with Gasteiger partial charge >= 0.3 is 5.97 Å². The lowest BCUT2D eigenvalue weighted by atomic mass is 10.1. The van der Waals surface area contributed by atoms with Crippen LogP contribution in [0.3, 0.4) is 0 Å². The van der Waals surface area contributed by atoms with E-state index in [0.29, 0.717) is 12.4 Å². The maximum absolute atomic E-state index is 12.6. The summed E-state index contributed by atoms with van der Waals surface area (Å²) in [5, 5.41) is 1.81. The molecule has 0 N–H and O–H groups in total. The zero-order valence-corrected chi connectivity index (χ0v) is 20.1. The smallest absolute Gasteiger partial charge is 0.326 e. The maximum atomic E-state index is 12.6. The fourth-order valence-corrected chi connectivity index (χ4v) is 4.77. The van der Waals surface area contributed by atoms with Crippen LogP contribution in [-0.2, 0) is 20.9 Å². The fraction of sp³-hybridized carbons (Fsp3) is 0.160. The molecule has 0 radical (unpaired) electrons.